The van der Waals surface area contributed by atoms with Gasteiger partial charge in [0.15, 0.2) is 23.4 Å². The van der Waals surface area contributed by atoms with Gasteiger partial charge in [0.05, 0.1) is 12.2 Å². The molecule has 3 aromatic rings. The third kappa shape index (κ3) is 7.06. The van der Waals surface area contributed by atoms with Gasteiger partial charge in [0.25, 0.3) is 0 Å². The first-order chi connectivity index (χ1) is 20.1. The van der Waals surface area contributed by atoms with Crippen LogP contribution in [0.5, 0.6) is 28.7 Å². The number of carbonyl (C=O) groups excluding carboxylic acids is 2. The van der Waals surface area contributed by atoms with Crippen molar-refractivity contribution in [3.63, 3.8) is 0 Å². The van der Waals surface area contributed by atoms with Crippen LogP contribution in [0.4, 0.5) is 0 Å². The minimum absolute atomic E-state index is 0.0295. The third-order valence-corrected chi connectivity index (χ3v) is 6.32. The molecule has 5 atom stereocenters. The number of allylic oxidation sites excluding steroid dienone is 1. The third-order valence-electron chi connectivity index (χ3n) is 6.32. The van der Waals surface area contributed by atoms with Gasteiger partial charge in [-0.25, -0.2) is 4.79 Å². The number of esters is 1. The number of aromatic hydroxyl groups is 4. The maximum absolute atomic E-state index is 12.6. The van der Waals surface area contributed by atoms with Gasteiger partial charge >= 0.3 is 5.97 Å². The zero-order chi connectivity index (χ0) is 30.4. The molecule has 220 valence electrons. The van der Waals surface area contributed by atoms with Crippen molar-refractivity contribution in [2.24, 2.45) is 0 Å². The molecule has 0 amide bonds. The van der Waals surface area contributed by atoms with Crippen molar-refractivity contribution in [3.8, 4) is 28.7 Å². The van der Waals surface area contributed by atoms with Crippen LogP contribution in [0.15, 0.2) is 72.8 Å². The van der Waals surface area contributed by atoms with Gasteiger partial charge in [-0.1, -0.05) is 30.3 Å². The van der Waals surface area contributed by atoms with Crippen LogP contribution in [-0.2, 0) is 14.3 Å². The lowest BCUT2D eigenvalue weighted by molar-refractivity contribution is -0.281. The van der Waals surface area contributed by atoms with E-state index in [9.17, 15) is 45.3 Å². The van der Waals surface area contributed by atoms with Crippen molar-refractivity contribution in [3.05, 3.63) is 89.5 Å². The number of phenols is 4. The molecule has 7 N–H and O–H groups in total. The molecule has 12 nitrogen and oxygen atoms in total. The van der Waals surface area contributed by atoms with Crippen molar-refractivity contribution in [1.82, 2.24) is 0 Å². The van der Waals surface area contributed by atoms with E-state index < -0.39 is 66.3 Å². The fourth-order valence-corrected chi connectivity index (χ4v) is 4.03. The fourth-order valence-electron chi connectivity index (χ4n) is 4.03. The van der Waals surface area contributed by atoms with Crippen molar-refractivity contribution in [1.29, 1.82) is 0 Å². The Morgan fingerprint density at radius 1 is 0.762 bits per heavy atom. The minimum Gasteiger partial charge on any atom is -0.508 e. The summed E-state index contributed by atoms with van der Waals surface area (Å²) in [4.78, 5) is 25.2. The van der Waals surface area contributed by atoms with Crippen LogP contribution >= 0.6 is 0 Å². The molecule has 0 aromatic heterocycles. The Labute approximate surface area is 239 Å². The molecule has 1 aliphatic heterocycles. The molecule has 3 aromatic carbocycles. The highest BCUT2D eigenvalue weighted by molar-refractivity contribution is 6.09. The zero-order valence-corrected chi connectivity index (χ0v) is 21.8. The van der Waals surface area contributed by atoms with Gasteiger partial charge in [-0.15, -0.1) is 0 Å². The average Bonchev–Trinajstić information content (AvgIpc) is 2.98. The van der Waals surface area contributed by atoms with Gasteiger partial charge in [-0.2, -0.15) is 0 Å². The molecule has 0 spiro atoms. The zero-order valence-electron chi connectivity index (χ0n) is 21.8. The Morgan fingerprint density at radius 3 is 1.90 bits per heavy atom. The van der Waals surface area contributed by atoms with Crippen LogP contribution in [0, 0.1) is 0 Å². The second-order valence-electron chi connectivity index (χ2n) is 9.25. The number of ether oxygens (including phenoxy) is 3. The first-order valence-corrected chi connectivity index (χ1v) is 12.6. The van der Waals surface area contributed by atoms with E-state index in [1.165, 1.54) is 48.6 Å². The fraction of sp³-hybridized carbons (Fsp3) is 0.200. The SMILES string of the molecule is O=C(C=Cc1ccc(O)cc1)O[C@H]1[C@H](Oc2ccc(C(=O)C=Cc3ccc(O)cc3)c(O)c2O)O[C@H](CO)[C@@H](O)[C@@H]1O. The van der Waals surface area contributed by atoms with Crippen LogP contribution in [-0.4, -0.2) is 84.8 Å². The number of hydrogen-bond acceptors (Lipinski definition) is 12. The summed E-state index contributed by atoms with van der Waals surface area (Å²) in [5.74, 6) is -3.66. The lowest BCUT2D eigenvalue weighted by atomic mass is 9.99. The van der Waals surface area contributed by atoms with E-state index in [1.54, 1.807) is 12.1 Å². The summed E-state index contributed by atoms with van der Waals surface area (Å²) < 4.78 is 16.3. The molecule has 0 bridgehead atoms. The molecule has 12 heteroatoms. The number of carbonyl (C=O) groups is 2. The van der Waals surface area contributed by atoms with Gasteiger partial charge in [-0.3, -0.25) is 4.79 Å². The smallest absolute Gasteiger partial charge is 0.331 e. The second-order valence-corrected chi connectivity index (χ2v) is 9.25. The molecule has 1 heterocycles. The number of rotatable bonds is 9. The highest BCUT2D eigenvalue weighted by Crippen LogP contribution is 2.40. The van der Waals surface area contributed by atoms with Gasteiger partial charge in [0, 0.05) is 6.08 Å². The first-order valence-electron chi connectivity index (χ1n) is 12.6. The predicted molar refractivity (Wildman–Crippen MR) is 147 cm³/mol. The highest BCUT2D eigenvalue weighted by Gasteiger charge is 2.48. The quantitative estimate of drug-likeness (QED) is 0.0839. The molecule has 42 heavy (non-hydrogen) atoms. The van der Waals surface area contributed by atoms with Gasteiger partial charge in [0.1, 0.15) is 29.8 Å². The predicted octanol–water partition coefficient (Wildman–Crippen LogP) is 1.85. The van der Waals surface area contributed by atoms with Crippen molar-refractivity contribution in [2.45, 2.75) is 30.7 Å². The molecule has 1 fully saturated rings. The van der Waals surface area contributed by atoms with Crippen LogP contribution in [0.2, 0.25) is 0 Å². The topological polar surface area (TPSA) is 203 Å². The van der Waals surface area contributed by atoms with E-state index in [1.807, 2.05) is 0 Å². The monoisotopic (exact) mass is 580 g/mol. The summed E-state index contributed by atoms with van der Waals surface area (Å²) >= 11 is 0. The van der Waals surface area contributed by atoms with Crippen LogP contribution in [0.1, 0.15) is 21.5 Å². The van der Waals surface area contributed by atoms with E-state index in [2.05, 4.69) is 0 Å². The number of ketones is 1. The Balaban J connectivity index is 1.52. The molecule has 0 radical (unpaired) electrons. The van der Waals surface area contributed by atoms with Gasteiger partial charge in [-0.05, 0) is 59.7 Å². The molecule has 1 aliphatic rings. The van der Waals surface area contributed by atoms with Crippen LogP contribution < -0.4 is 4.74 Å². The maximum Gasteiger partial charge on any atom is 0.331 e. The minimum atomic E-state index is -1.78. The van der Waals surface area contributed by atoms with Crippen LogP contribution in [0.3, 0.4) is 0 Å². The summed E-state index contributed by atoms with van der Waals surface area (Å²) in [5.41, 5.74) is 0.869. The number of benzene rings is 3. The Hall–Kier alpha value is -4.88. The number of aliphatic hydroxyl groups is 3. The van der Waals surface area contributed by atoms with E-state index in [0.717, 1.165) is 24.3 Å². The van der Waals surface area contributed by atoms with E-state index >= 15 is 0 Å². The molecular formula is C30H28O12. The Kier molecular flexibility index (Phi) is 9.45. The lowest BCUT2D eigenvalue weighted by Crippen LogP contribution is -2.61. The normalized spacial score (nSPS) is 22.3. The number of hydrogen-bond donors (Lipinski definition) is 7. The van der Waals surface area contributed by atoms with Gasteiger partial charge in [0.2, 0.25) is 12.0 Å². The summed E-state index contributed by atoms with van der Waals surface area (Å²) in [6.07, 6.45) is -3.15. The molecule has 1 saturated heterocycles. The standard InChI is InChI=1S/C30H28O12/c31-15-23-27(38)28(39)29(42-24(35)14-6-17-3-9-19(33)10-4-17)30(41-23)40-22-13-11-20(25(36)26(22)37)21(34)12-5-16-1-7-18(32)8-2-16/h1-14,23,27-33,36-39H,15H2/t23-,27-,28+,29-,30-/m1/s1. The largest absolute Gasteiger partial charge is 0.508 e. The molecule has 4 rings (SSSR count). The Bertz CT molecular complexity index is 1460. The summed E-state index contributed by atoms with van der Waals surface area (Å²) in [5, 5.41) is 70.4. The van der Waals surface area contributed by atoms with Crippen molar-refractivity contribution >= 4 is 23.9 Å². The first kappa shape index (κ1) is 30.1. The van der Waals surface area contributed by atoms with Crippen LogP contribution in [0.25, 0.3) is 12.2 Å². The van der Waals surface area contributed by atoms with Gasteiger partial charge < -0.3 is 50.0 Å². The van der Waals surface area contributed by atoms with E-state index in [0.29, 0.717) is 11.1 Å². The number of aliphatic hydroxyl groups excluding tert-OH is 3. The average molecular weight is 581 g/mol. The maximum atomic E-state index is 12.6. The second kappa shape index (κ2) is 13.2. The van der Waals surface area contributed by atoms with Crippen molar-refractivity contribution in [2.75, 3.05) is 6.61 Å². The molecular weight excluding hydrogens is 552 g/mol. The summed E-state index contributed by atoms with van der Waals surface area (Å²) in [6, 6.07) is 14.2. The Morgan fingerprint density at radius 2 is 1.33 bits per heavy atom. The number of phenolic OH excluding ortho intramolecular Hbond substituents is 4. The lowest BCUT2D eigenvalue weighted by Gasteiger charge is -2.41. The van der Waals surface area contributed by atoms with Crippen molar-refractivity contribution < 1.29 is 59.5 Å². The highest BCUT2D eigenvalue weighted by atomic mass is 16.7. The summed E-state index contributed by atoms with van der Waals surface area (Å²) in [7, 11) is 0. The molecule has 0 saturated carbocycles. The summed E-state index contributed by atoms with van der Waals surface area (Å²) in [6.45, 7) is -0.739. The molecule has 0 unspecified atom stereocenters. The van der Waals surface area contributed by atoms with E-state index in [4.69, 9.17) is 14.2 Å². The molecule has 0 aliphatic carbocycles. The van der Waals surface area contributed by atoms with E-state index in [-0.39, 0.29) is 17.1 Å².